The molecule has 0 fully saturated rings. The van der Waals surface area contributed by atoms with Crippen molar-refractivity contribution in [2.75, 3.05) is 0 Å². The smallest absolute Gasteiger partial charge is 0.141 e. The van der Waals surface area contributed by atoms with Gasteiger partial charge in [-0.3, -0.25) is 10.8 Å². The van der Waals surface area contributed by atoms with Gasteiger partial charge in [-0.1, -0.05) is 0 Å². The third kappa shape index (κ3) is 2.49. The van der Waals surface area contributed by atoms with E-state index in [1.165, 1.54) is 12.1 Å². The minimum atomic E-state index is -0.846. The van der Waals surface area contributed by atoms with Crippen LogP contribution in [0.4, 0.5) is 13.2 Å². The minimum absolute atomic E-state index is 0.0107. The highest BCUT2D eigenvalue weighted by atomic mass is 19.1. The second-order valence-electron chi connectivity index (χ2n) is 3.67. The van der Waals surface area contributed by atoms with Crippen molar-refractivity contribution >= 4 is 0 Å². The molecule has 1 aromatic heterocycles. The Hall–Kier alpha value is -1.92. The average Bonchev–Trinajstić information content (AvgIpc) is 2.37. The summed E-state index contributed by atoms with van der Waals surface area (Å²) < 4.78 is 39.5. The predicted molar refractivity (Wildman–Crippen MR) is 59.7 cm³/mol. The van der Waals surface area contributed by atoms with Gasteiger partial charge in [-0.05, 0) is 30.3 Å². The van der Waals surface area contributed by atoms with E-state index in [4.69, 9.17) is 5.84 Å². The molecule has 18 heavy (non-hydrogen) atoms. The zero-order chi connectivity index (χ0) is 13.1. The first-order valence-electron chi connectivity index (χ1n) is 5.14. The monoisotopic (exact) mass is 253 g/mol. The van der Waals surface area contributed by atoms with Gasteiger partial charge >= 0.3 is 0 Å². The van der Waals surface area contributed by atoms with Crippen molar-refractivity contribution in [3.05, 3.63) is 65.2 Å². The van der Waals surface area contributed by atoms with Crippen LogP contribution in [0.5, 0.6) is 0 Å². The number of nitrogens with one attached hydrogen (secondary N) is 1. The van der Waals surface area contributed by atoms with Gasteiger partial charge in [-0.25, -0.2) is 18.6 Å². The number of rotatable bonds is 3. The zero-order valence-corrected chi connectivity index (χ0v) is 9.20. The number of hydrogen-bond acceptors (Lipinski definition) is 3. The van der Waals surface area contributed by atoms with E-state index in [-0.39, 0.29) is 5.56 Å². The van der Waals surface area contributed by atoms with Gasteiger partial charge in [0.05, 0.1) is 17.9 Å². The summed E-state index contributed by atoms with van der Waals surface area (Å²) in [6, 6.07) is 4.70. The van der Waals surface area contributed by atoms with Crippen LogP contribution in [-0.4, -0.2) is 4.98 Å². The van der Waals surface area contributed by atoms with Gasteiger partial charge in [0.15, 0.2) is 0 Å². The summed E-state index contributed by atoms with van der Waals surface area (Å²) in [6.07, 6.45) is 0.983. The molecule has 2 rings (SSSR count). The topological polar surface area (TPSA) is 50.9 Å². The molecule has 0 spiro atoms. The van der Waals surface area contributed by atoms with E-state index in [0.717, 1.165) is 24.4 Å². The van der Waals surface area contributed by atoms with Crippen molar-refractivity contribution in [2.24, 2.45) is 5.84 Å². The van der Waals surface area contributed by atoms with Gasteiger partial charge in [0.25, 0.3) is 0 Å². The van der Waals surface area contributed by atoms with Gasteiger partial charge in [-0.2, -0.15) is 0 Å². The molecule has 1 atom stereocenters. The van der Waals surface area contributed by atoms with Crippen molar-refractivity contribution in [3.8, 4) is 0 Å². The minimum Gasteiger partial charge on any atom is -0.271 e. The summed E-state index contributed by atoms with van der Waals surface area (Å²) >= 11 is 0. The van der Waals surface area contributed by atoms with Gasteiger partial charge in [0.1, 0.15) is 17.5 Å². The molecule has 1 heterocycles. The molecule has 3 nitrogen and oxygen atoms in total. The fraction of sp³-hybridized carbons (Fsp3) is 0.0833. The number of nitrogens with zero attached hydrogens (tertiary/aromatic N) is 1. The van der Waals surface area contributed by atoms with Gasteiger partial charge < -0.3 is 0 Å². The Bertz CT molecular complexity index is 543. The van der Waals surface area contributed by atoms with E-state index in [9.17, 15) is 13.2 Å². The molecule has 1 aromatic carbocycles. The Kier molecular flexibility index (Phi) is 3.59. The number of nitrogens with two attached hydrogens (primary N) is 1. The van der Waals surface area contributed by atoms with Crippen LogP contribution in [0.2, 0.25) is 0 Å². The standard InChI is InChI=1S/C12H10F3N3/c13-7-1-3-10(15)9(5-7)12(18-16)11-4-2-8(14)6-17-11/h1-6,12,18H,16H2. The highest BCUT2D eigenvalue weighted by Crippen LogP contribution is 2.23. The van der Waals surface area contributed by atoms with Crippen molar-refractivity contribution in [1.82, 2.24) is 10.4 Å². The Labute approximate surface area is 101 Å². The van der Waals surface area contributed by atoms with Crippen LogP contribution < -0.4 is 11.3 Å². The number of benzene rings is 1. The predicted octanol–water partition coefficient (Wildman–Crippen LogP) is 2.05. The Morgan fingerprint density at radius 3 is 2.39 bits per heavy atom. The van der Waals surface area contributed by atoms with E-state index in [0.29, 0.717) is 5.69 Å². The molecular formula is C12H10F3N3. The Morgan fingerprint density at radius 1 is 1.06 bits per heavy atom. The number of halogens is 3. The first kappa shape index (κ1) is 12.5. The average molecular weight is 253 g/mol. The third-order valence-electron chi connectivity index (χ3n) is 2.48. The van der Waals surface area contributed by atoms with Crippen LogP contribution in [0.15, 0.2) is 36.5 Å². The van der Waals surface area contributed by atoms with E-state index in [2.05, 4.69) is 10.4 Å². The first-order valence-corrected chi connectivity index (χ1v) is 5.14. The maximum Gasteiger partial charge on any atom is 0.141 e. The second kappa shape index (κ2) is 5.16. The Balaban J connectivity index is 2.44. The molecule has 0 amide bonds. The van der Waals surface area contributed by atoms with Crippen molar-refractivity contribution in [2.45, 2.75) is 6.04 Å². The fourth-order valence-electron chi connectivity index (χ4n) is 1.63. The van der Waals surface area contributed by atoms with Crippen LogP contribution in [0.25, 0.3) is 0 Å². The normalized spacial score (nSPS) is 12.4. The highest BCUT2D eigenvalue weighted by molar-refractivity contribution is 5.29. The lowest BCUT2D eigenvalue weighted by atomic mass is 10.0. The van der Waals surface area contributed by atoms with Crippen molar-refractivity contribution in [3.63, 3.8) is 0 Å². The van der Waals surface area contributed by atoms with Crippen molar-refractivity contribution in [1.29, 1.82) is 0 Å². The number of aromatic nitrogens is 1. The molecule has 0 aliphatic carbocycles. The van der Waals surface area contributed by atoms with Gasteiger partial charge in [0.2, 0.25) is 0 Å². The van der Waals surface area contributed by atoms with E-state index >= 15 is 0 Å². The largest absolute Gasteiger partial charge is 0.271 e. The van der Waals surface area contributed by atoms with E-state index in [1.807, 2.05) is 0 Å². The fourth-order valence-corrected chi connectivity index (χ4v) is 1.63. The van der Waals surface area contributed by atoms with Crippen LogP contribution >= 0.6 is 0 Å². The summed E-state index contributed by atoms with van der Waals surface area (Å²) in [5.41, 5.74) is 2.64. The SMILES string of the molecule is NNC(c1ccc(F)cn1)c1cc(F)ccc1F. The summed E-state index contributed by atoms with van der Waals surface area (Å²) in [7, 11) is 0. The number of hydrogen-bond donors (Lipinski definition) is 2. The van der Waals surface area contributed by atoms with Crippen molar-refractivity contribution < 1.29 is 13.2 Å². The van der Waals surface area contributed by atoms with Crippen LogP contribution in [0.3, 0.4) is 0 Å². The van der Waals surface area contributed by atoms with E-state index < -0.39 is 23.5 Å². The highest BCUT2D eigenvalue weighted by Gasteiger charge is 2.18. The van der Waals surface area contributed by atoms with Crippen LogP contribution in [0.1, 0.15) is 17.3 Å². The summed E-state index contributed by atoms with van der Waals surface area (Å²) in [5.74, 6) is 3.59. The molecule has 0 saturated carbocycles. The lowest BCUT2D eigenvalue weighted by molar-refractivity contribution is 0.537. The lowest BCUT2D eigenvalue weighted by Gasteiger charge is -2.16. The third-order valence-corrected chi connectivity index (χ3v) is 2.48. The summed E-state index contributed by atoms with van der Waals surface area (Å²) in [6.45, 7) is 0. The summed E-state index contributed by atoms with van der Waals surface area (Å²) in [4.78, 5) is 3.79. The molecule has 0 radical (unpaired) electrons. The molecule has 2 aromatic rings. The molecule has 1 unspecified atom stereocenters. The quantitative estimate of drug-likeness (QED) is 0.650. The van der Waals surface area contributed by atoms with Crippen LogP contribution in [-0.2, 0) is 0 Å². The molecule has 3 N–H and O–H groups in total. The van der Waals surface area contributed by atoms with E-state index in [1.54, 1.807) is 0 Å². The molecule has 0 saturated heterocycles. The maximum absolute atomic E-state index is 13.6. The molecule has 0 bridgehead atoms. The molecule has 0 aliphatic rings. The molecule has 6 heteroatoms. The first-order chi connectivity index (χ1) is 8.61. The van der Waals surface area contributed by atoms with Crippen LogP contribution in [0, 0.1) is 17.5 Å². The molecule has 0 aliphatic heterocycles. The number of hydrazine groups is 1. The zero-order valence-electron chi connectivity index (χ0n) is 9.20. The second-order valence-corrected chi connectivity index (χ2v) is 3.67. The van der Waals surface area contributed by atoms with Gasteiger partial charge in [0, 0.05) is 5.56 Å². The maximum atomic E-state index is 13.6. The lowest BCUT2D eigenvalue weighted by Crippen LogP contribution is -2.30. The van der Waals surface area contributed by atoms with Gasteiger partial charge in [-0.15, -0.1) is 0 Å². The molecular weight excluding hydrogens is 243 g/mol. The Morgan fingerprint density at radius 2 is 1.78 bits per heavy atom. The number of pyridine rings is 1. The molecule has 94 valence electrons. The summed E-state index contributed by atoms with van der Waals surface area (Å²) in [5, 5.41) is 0.